The number of rotatable bonds is 2. The molecule has 0 aliphatic heterocycles. The van der Waals surface area contributed by atoms with Crippen LogP contribution in [-0.4, -0.2) is 10.8 Å². The Hall–Kier alpha value is -1.96. The molecule has 0 aliphatic carbocycles. The molecule has 2 aromatic rings. The van der Waals surface area contributed by atoms with Crippen LogP contribution in [-0.2, 0) is 0 Å². The largest absolute Gasteiger partial charge is 0.289 e. The Labute approximate surface area is 94.6 Å². The summed E-state index contributed by atoms with van der Waals surface area (Å²) in [5.74, 6) is 0.0179. The van der Waals surface area contributed by atoms with Gasteiger partial charge in [-0.2, -0.15) is 0 Å². The van der Waals surface area contributed by atoms with Crippen LogP contribution in [0.25, 0.3) is 10.8 Å². The third-order valence-electron chi connectivity index (χ3n) is 2.35. The van der Waals surface area contributed by atoms with Crippen molar-refractivity contribution in [3.8, 4) is 0 Å². The van der Waals surface area contributed by atoms with E-state index < -0.39 is 0 Å². The average molecular weight is 211 g/mol. The van der Waals surface area contributed by atoms with Gasteiger partial charge in [0.15, 0.2) is 5.78 Å². The number of carbonyl (C=O) groups is 1. The fourth-order valence-electron chi connectivity index (χ4n) is 1.65. The van der Waals surface area contributed by atoms with Crippen molar-refractivity contribution in [2.75, 3.05) is 0 Å². The molecule has 1 aromatic carbocycles. The Bertz CT molecular complexity index is 560. The molecule has 0 spiro atoms. The minimum atomic E-state index is 0.0179. The molecule has 16 heavy (non-hydrogen) atoms. The molecule has 0 fully saturated rings. The minimum absolute atomic E-state index is 0.0179. The molecule has 2 heteroatoms. The molecule has 0 unspecified atom stereocenters. The summed E-state index contributed by atoms with van der Waals surface area (Å²) < 4.78 is 0. The van der Waals surface area contributed by atoms with Gasteiger partial charge in [-0.15, -0.1) is 0 Å². The fraction of sp³-hybridized carbons (Fsp3) is 0.143. The Kier molecular flexibility index (Phi) is 2.82. The molecule has 0 saturated heterocycles. The monoisotopic (exact) mass is 211 g/mol. The summed E-state index contributed by atoms with van der Waals surface area (Å²) >= 11 is 0. The van der Waals surface area contributed by atoms with Crippen LogP contribution in [0.4, 0.5) is 0 Å². The van der Waals surface area contributed by atoms with E-state index in [0.717, 1.165) is 16.3 Å². The zero-order valence-electron chi connectivity index (χ0n) is 9.40. The number of nitrogens with zero attached hydrogens (tertiary/aromatic N) is 1. The minimum Gasteiger partial charge on any atom is -0.289 e. The maximum atomic E-state index is 12.0. The van der Waals surface area contributed by atoms with Crippen LogP contribution >= 0.6 is 0 Å². The predicted molar refractivity (Wildman–Crippen MR) is 65.5 cm³/mol. The molecule has 80 valence electrons. The first kappa shape index (κ1) is 10.6. The maximum absolute atomic E-state index is 12.0. The van der Waals surface area contributed by atoms with Gasteiger partial charge in [-0.1, -0.05) is 29.8 Å². The normalized spacial score (nSPS) is 10.1. The van der Waals surface area contributed by atoms with E-state index in [1.165, 1.54) is 0 Å². The predicted octanol–water partition coefficient (Wildman–Crippen LogP) is 3.38. The Morgan fingerprint density at radius 1 is 1.19 bits per heavy atom. The fourth-order valence-corrected chi connectivity index (χ4v) is 1.65. The summed E-state index contributed by atoms with van der Waals surface area (Å²) in [5, 5.41) is 1.95. The zero-order chi connectivity index (χ0) is 11.5. The van der Waals surface area contributed by atoms with Crippen molar-refractivity contribution >= 4 is 16.6 Å². The summed E-state index contributed by atoms with van der Waals surface area (Å²) in [5.41, 5.74) is 1.66. The van der Waals surface area contributed by atoms with Gasteiger partial charge in [-0.3, -0.25) is 9.78 Å². The number of fused-ring (bicyclic) bond motifs is 1. The van der Waals surface area contributed by atoms with Gasteiger partial charge >= 0.3 is 0 Å². The summed E-state index contributed by atoms with van der Waals surface area (Å²) in [7, 11) is 0. The van der Waals surface area contributed by atoms with Crippen molar-refractivity contribution in [2.24, 2.45) is 0 Å². The third kappa shape index (κ3) is 2.01. The highest BCUT2D eigenvalue weighted by Gasteiger charge is 2.07. The first-order valence-corrected chi connectivity index (χ1v) is 5.20. The van der Waals surface area contributed by atoms with Crippen LogP contribution in [0, 0.1) is 0 Å². The summed E-state index contributed by atoms with van der Waals surface area (Å²) in [4.78, 5) is 16.0. The lowest BCUT2D eigenvalue weighted by Crippen LogP contribution is -1.97. The van der Waals surface area contributed by atoms with Crippen molar-refractivity contribution in [1.29, 1.82) is 0 Å². The van der Waals surface area contributed by atoms with Gasteiger partial charge in [0.1, 0.15) is 0 Å². The summed E-state index contributed by atoms with van der Waals surface area (Å²) in [6.07, 6.45) is 5.04. The maximum Gasteiger partial charge on any atom is 0.187 e. The molecule has 0 saturated carbocycles. The van der Waals surface area contributed by atoms with Crippen LogP contribution in [0.15, 0.2) is 48.3 Å². The Morgan fingerprint density at radius 3 is 2.69 bits per heavy atom. The number of aromatic nitrogens is 1. The summed E-state index contributed by atoms with van der Waals surface area (Å²) in [6, 6.07) is 7.78. The van der Waals surface area contributed by atoms with E-state index >= 15 is 0 Å². The molecule has 1 aromatic heterocycles. The lowest BCUT2D eigenvalue weighted by atomic mass is 10.0. The molecule has 0 aliphatic rings. The van der Waals surface area contributed by atoms with Crippen LogP contribution in [0.1, 0.15) is 24.2 Å². The summed E-state index contributed by atoms with van der Waals surface area (Å²) in [6.45, 7) is 3.83. The Morgan fingerprint density at radius 2 is 1.94 bits per heavy atom. The van der Waals surface area contributed by atoms with Crippen LogP contribution in [0.2, 0.25) is 0 Å². The number of ketones is 1. The highest BCUT2D eigenvalue weighted by atomic mass is 16.1. The molecular weight excluding hydrogens is 198 g/mol. The van der Waals surface area contributed by atoms with Gasteiger partial charge in [0.2, 0.25) is 0 Å². The van der Waals surface area contributed by atoms with E-state index in [0.29, 0.717) is 5.56 Å². The van der Waals surface area contributed by atoms with E-state index in [-0.39, 0.29) is 5.78 Å². The number of hydrogen-bond donors (Lipinski definition) is 0. The third-order valence-corrected chi connectivity index (χ3v) is 2.35. The molecule has 2 rings (SSSR count). The quantitative estimate of drug-likeness (QED) is 0.563. The van der Waals surface area contributed by atoms with Gasteiger partial charge < -0.3 is 0 Å². The van der Waals surface area contributed by atoms with E-state index in [9.17, 15) is 4.79 Å². The van der Waals surface area contributed by atoms with Crippen molar-refractivity contribution in [3.63, 3.8) is 0 Å². The lowest BCUT2D eigenvalue weighted by molar-refractivity contribution is 0.104. The van der Waals surface area contributed by atoms with Crippen LogP contribution in [0.3, 0.4) is 0 Å². The van der Waals surface area contributed by atoms with Crippen molar-refractivity contribution in [2.45, 2.75) is 13.8 Å². The molecule has 0 amide bonds. The number of benzene rings is 1. The molecule has 1 heterocycles. The highest BCUT2D eigenvalue weighted by Crippen LogP contribution is 2.18. The van der Waals surface area contributed by atoms with Gasteiger partial charge in [0.05, 0.1) is 0 Å². The van der Waals surface area contributed by atoms with Crippen molar-refractivity contribution in [1.82, 2.24) is 4.98 Å². The highest BCUT2D eigenvalue weighted by molar-refractivity contribution is 6.13. The second kappa shape index (κ2) is 4.27. The Balaban J connectivity index is 2.61. The van der Waals surface area contributed by atoms with Crippen LogP contribution in [0.5, 0.6) is 0 Å². The number of pyridine rings is 1. The van der Waals surface area contributed by atoms with Crippen molar-refractivity contribution in [3.05, 3.63) is 53.9 Å². The van der Waals surface area contributed by atoms with Gasteiger partial charge in [-0.05, 0) is 25.3 Å². The van der Waals surface area contributed by atoms with E-state index in [4.69, 9.17) is 0 Å². The van der Waals surface area contributed by atoms with E-state index in [2.05, 4.69) is 4.98 Å². The number of hydrogen-bond acceptors (Lipinski definition) is 2. The first-order chi connectivity index (χ1) is 7.68. The molecule has 0 N–H and O–H groups in total. The zero-order valence-corrected chi connectivity index (χ0v) is 9.40. The average Bonchev–Trinajstić information content (AvgIpc) is 2.27. The van der Waals surface area contributed by atoms with Gasteiger partial charge in [0, 0.05) is 23.3 Å². The standard InChI is InChI=1S/C14H13NO/c1-10(2)7-14(16)13-9-15-8-11-5-3-4-6-12(11)13/h3-9H,1-2H3. The lowest BCUT2D eigenvalue weighted by Gasteiger charge is -2.02. The van der Waals surface area contributed by atoms with E-state index in [1.807, 2.05) is 38.1 Å². The van der Waals surface area contributed by atoms with Crippen LogP contribution < -0.4 is 0 Å². The first-order valence-electron chi connectivity index (χ1n) is 5.20. The molecule has 2 nitrogen and oxygen atoms in total. The molecular formula is C14H13NO. The second-order valence-corrected chi connectivity index (χ2v) is 3.99. The van der Waals surface area contributed by atoms with Gasteiger partial charge in [0.25, 0.3) is 0 Å². The molecule has 0 radical (unpaired) electrons. The smallest absolute Gasteiger partial charge is 0.187 e. The van der Waals surface area contributed by atoms with Gasteiger partial charge in [-0.25, -0.2) is 0 Å². The molecule has 0 atom stereocenters. The second-order valence-electron chi connectivity index (χ2n) is 3.99. The SMILES string of the molecule is CC(C)=CC(=O)c1cncc2ccccc12. The topological polar surface area (TPSA) is 30.0 Å². The number of allylic oxidation sites excluding steroid dienone is 2. The van der Waals surface area contributed by atoms with E-state index in [1.54, 1.807) is 18.5 Å². The number of carbonyl (C=O) groups excluding carboxylic acids is 1. The van der Waals surface area contributed by atoms with Crippen molar-refractivity contribution < 1.29 is 4.79 Å². The molecule has 0 bridgehead atoms.